The van der Waals surface area contributed by atoms with E-state index in [1.54, 1.807) is 12.4 Å². The Labute approximate surface area is 75.6 Å². The van der Waals surface area contributed by atoms with E-state index in [1.807, 2.05) is 0 Å². The zero-order chi connectivity index (χ0) is 9.26. The number of aromatic nitrogens is 2. The largest absolute Gasteiger partial charge is 0.481 e. The highest BCUT2D eigenvalue weighted by molar-refractivity contribution is 5.76. The van der Waals surface area contributed by atoms with E-state index in [1.165, 1.54) is 0 Å². The predicted molar refractivity (Wildman–Crippen MR) is 45.3 cm³/mol. The number of carbonyl (C=O) groups is 1. The molecule has 13 heavy (non-hydrogen) atoms. The van der Waals surface area contributed by atoms with Crippen molar-refractivity contribution >= 4 is 5.97 Å². The van der Waals surface area contributed by atoms with Crippen LogP contribution in [0.1, 0.15) is 29.9 Å². The second-order valence-electron chi connectivity index (χ2n) is 3.25. The quantitative estimate of drug-likeness (QED) is 0.696. The molecule has 1 aromatic heterocycles. The lowest BCUT2D eigenvalue weighted by Gasteiger charge is -2.20. The molecule has 0 spiro atoms. The molecule has 0 saturated heterocycles. The van der Waals surface area contributed by atoms with Crippen LogP contribution in [0.3, 0.4) is 0 Å². The first-order chi connectivity index (χ1) is 6.29. The Morgan fingerprint density at radius 2 is 2.23 bits per heavy atom. The van der Waals surface area contributed by atoms with Crippen molar-refractivity contribution in [1.82, 2.24) is 10.2 Å². The standard InChI is InChI=1S/C9H10N2O2/c12-9(13)7-3-1-2-6-4-10-11-5-8(6)7/h4-5,7H,1-3H2,(H,12,13). The van der Waals surface area contributed by atoms with E-state index < -0.39 is 5.97 Å². The van der Waals surface area contributed by atoms with Gasteiger partial charge in [-0.25, -0.2) is 0 Å². The molecule has 0 amide bonds. The van der Waals surface area contributed by atoms with Gasteiger partial charge in [0.15, 0.2) is 0 Å². The summed E-state index contributed by atoms with van der Waals surface area (Å²) in [6, 6.07) is 0. The molecule has 68 valence electrons. The van der Waals surface area contributed by atoms with Crippen molar-refractivity contribution in [2.45, 2.75) is 25.2 Å². The summed E-state index contributed by atoms with van der Waals surface area (Å²) < 4.78 is 0. The van der Waals surface area contributed by atoms with E-state index >= 15 is 0 Å². The summed E-state index contributed by atoms with van der Waals surface area (Å²) in [6.45, 7) is 0. The molecule has 1 heterocycles. The number of fused-ring (bicyclic) bond motifs is 1. The summed E-state index contributed by atoms with van der Waals surface area (Å²) in [6.07, 6.45) is 5.82. The van der Waals surface area contributed by atoms with Gasteiger partial charge in [0.2, 0.25) is 0 Å². The van der Waals surface area contributed by atoms with Gasteiger partial charge in [-0.2, -0.15) is 10.2 Å². The molecule has 0 fully saturated rings. The van der Waals surface area contributed by atoms with E-state index in [4.69, 9.17) is 5.11 Å². The Balaban J connectivity index is 2.42. The van der Waals surface area contributed by atoms with Gasteiger partial charge in [0.05, 0.1) is 18.3 Å². The van der Waals surface area contributed by atoms with Crippen LogP contribution in [-0.2, 0) is 11.2 Å². The van der Waals surface area contributed by atoms with Crippen molar-refractivity contribution in [1.29, 1.82) is 0 Å². The molecule has 4 heteroatoms. The summed E-state index contributed by atoms with van der Waals surface area (Å²) in [5.41, 5.74) is 1.88. The van der Waals surface area contributed by atoms with Crippen LogP contribution in [0.4, 0.5) is 0 Å². The lowest BCUT2D eigenvalue weighted by molar-refractivity contribution is -0.139. The minimum Gasteiger partial charge on any atom is -0.481 e. The molecular formula is C9H10N2O2. The van der Waals surface area contributed by atoms with Gasteiger partial charge in [-0.1, -0.05) is 0 Å². The fraction of sp³-hybridized carbons (Fsp3) is 0.444. The van der Waals surface area contributed by atoms with Gasteiger partial charge in [0, 0.05) is 0 Å². The Bertz CT molecular complexity index is 338. The highest BCUT2D eigenvalue weighted by Gasteiger charge is 2.26. The fourth-order valence-electron chi connectivity index (χ4n) is 1.79. The van der Waals surface area contributed by atoms with E-state index in [0.717, 1.165) is 24.0 Å². The normalized spacial score (nSPS) is 20.8. The Morgan fingerprint density at radius 1 is 1.46 bits per heavy atom. The molecule has 1 aliphatic carbocycles. The first-order valence-electron chi connectivity index (χ1n) is 4.31. The number of aryl methyl sites for hydroxylation is 1. The van der Waals surface area contributed by atoms with Crippen LogP contribution < -0.4 is 0 Å². The van der Waals surface area contributed by atoms with Crippen molar-refractivity contribution in [3.8, 4) is 0 Å². The Morgan fingerprint density at radius 3 is 3.00 bits per heavy atom. The van der Waals surface area contributed by atoms with E-state index in [9.17, 15) is 4.79 Å². The zero-order valence-electron chi connectivity index (χ0n) is 7.10. The molecule has 4 nitrogen and oxygen atoms in total. The van der Waals surface area contributed by atoms with Gasteiger partial charge in [-0.05, 0) is 30.4 Å². The summed E-state index contributed by atoms with van der Waals surface area (Å²) in [4.78, 5) is 10.9. The molecule has 0 bridgehead atoms. The molecular weight excluding hydrogens is 168 g/mol. The number of nitrogens with zero attached hydrogens (tertiary/aromatic N) is 2. The fourth-order valence-corrected chi connectivity index (χ4v) is 1.79. The first kappa shape index (κ1) is 8.16. The summed E-state index contributed by atoms with van der Waals surface area (Å²) >= 11 is 0. The molecule has 1 aliphatic rings. The lowest BCUT2D eigenvalue weighted by atomic mass is 9.85. The number of carboxylic acids is 1. The monoisotopic (exact) mass is 178 g/mol. The minimum absolute atomic E-state index is 0.376. The molecule has 1 atom stereocenters. The highest BCUT2D eigenvalue weighted by Crippen LogP contribution is 2.30. The topological polar surface area (TPSA) is 63.1 Å². The van der Waals surface area contributed by atoms with Gasteiger partial charge in [-0.15, -0.1) is 0 Å². The van der Waals surface area contributed by atoms with Gasteiger partial charge >= 0.3 is 5.97 Å². The maximum atomic E-state index is 10.9. The average Bonchev–Trinajstić information content (AvgIpc) is 2.17. The second-order valence-corrected chi connectivity index (χ2v) is 3.25. The number of hydrogen-bond acceptors (Lipinski definition) is 3. The third-order valence-electron chi connectivity index (χ3n) is 2.46. The van der Waals surface area contributed by atoms with Crippen molar-refractivity contribution < 1.29 is 9.90 Å². The molecule has 1 aromatic rings. The van der Waals surface area contributed by atoms with Crippen LogP contribution in [0.5, 0.6) is 0 Å². The molecule has 0 aliphatic heterocycles. The molecule has 2 rings (SSSR count). The Hall–Kier alpha value is -1.45. The molecule has 0 radical (unpaired) electrons. The van der Waals surface area contributed by atoms with Crippen LogP contribution >= 0.6 is 0 Å². The molecule has 1 N–H and O–H groups in total. The van der Waals surface area contributed by atoms with Crippen LogP contribution in [-0.4, -0.2) is 21.3 Å². The first-order valence-corrected chi connectivity index (χ1v) is 4.31. The van der Waals surface area contributed by atoms with Crippen LogP contribution in [0, 0.1) is 0 Å². The maximum absolute atomic E-state index is 10.9. The Kier molecular flexibility index (Phi) is 1.96. The summed E-state index contributed by atoms with van der Waals surface area (Å²) in [5, 5.41) is 16.4. The second kappa shape index (κ2) is 3.12. The third kappa shape index (κ3) is 1.39. The zero-order valence-corrected chi connectivity index (χ0v) is 7.10. The summed E-state index contributed by atoms with van der Waals surface area (Å²) in [7, 11) is 0. The van der Waals surface area contributed by atoms with Gasteiger partial charge < -0.3 is 5.11 Å². The minimum atomic E-state index is -0.756. The highest BCUT2D eigenvalue weighted by atomic mass is 16.4. The van der Waals surface area contributed by atoms with Gasteiger partial charge in [0.1, 0.15) is 0 Å². The maximum Gasteiger partial charge on any atom is 0.311 e. The van der Waals surface area contributed by atoms with Crippen LogP contribution in [0.2, 0.25) is 0 Å². The van der Waals surface area contributed by atoms with Crippen LogP contribution in [0.15, 0.2) is 12.4 Å². The van der Waals surface area contributed by atoms with Crippen LogP contribution in [0.25, 0.3) is 0 Å². The van der Waals surface area contributed by atoms with E-state index in [-0.39, 0.29) is 5.92 Å². The smallest absolute Gasteiger partial charge is 0.311 e. The third-order valence-corrected chi connectivity index (χ3v) is 2.46. The van der Waals surface area contributed by atoms with Crippen molar-refractivity contribution in [3.63, 3.8) is 0 Å². The number of rotatable bonds is 1. The van der Waals surface area contributed by atoms with E-state index in [2.05, 4.69) is 10.2 Å². The number of hydrogen-bond donors (Lipinski definition) is 1. The SMILES string of the molecule is O=C(O)C1CCCc2cnncc21. The van der Waals surface area contributed by atoms with Crippen molar-refractivity contribution in [2.24, 2.45) is 0 Å². The van der Waals surface area contributed by atoms with E-state index in [0.29, 0.717) is 6.42 Å². The molecule has 0 aromatic carbocycles. The lowest BCUT2D eigenvalue weighted by Crippen LogP contribution is -2.18. The van der Waals surface area contributed by atoms with Gasteiger partial charge in [0.25, 0.3) is 0 Å². The number of aliphatic carboxylic acids is 1. The van der Waals surface area contributed by atoms with Gasteiger partial charge in [-0.3, -0.25) is 4.79 Å². The molecule has 0 saturated carbocycles. The average molecular weight is 178 g/mol. The number of carboxylic acid groups (broad SMARTS) is 1. The summed E-state index contributed by atoms with van der Waals surface area (Å²) in [5.74, 6) is -1.13. The predicted octanol–water partition coefficient (Wildman–Crippen LogP) is 0.981. The molecule has 1 unspecified atom stereocenters. The van der Waals surface area contributed by atoms with Crippen molar-refractivity contribution in [2.75, 3.05) is 0 Å². The van der Waals surface area contributed by atoms with Crippen molar-refractivity contribution in [3.05, 3.63) is 23.5 Å².